The number of nitrogens with one attached hydrogen (secondary N) is 2. The van der Waals surface area contributed by atoms with Gasteiger partial charge in [-0.2, -0.15) is 0 Å². The van der Waals surface area contributed by atoms with E-state index in [0.717, 1.165) is 12.8 Å². The molecule has 3 unspecified atom stereocenters. The van der Waals surface area contributed by atoms with Crippen LogP contribution in [0.1, 0.15) is 40.0 Å². The molecule has 0 spiro atoms. The van der Waals surface area contributed by atoms with E-state index in [1.807, 2.05) is 0 Å². The second-order valence-corrected chi connectivity index (χ2v) is 7.78. The number of sulfonamides is 1. The molecule has 1 saturated carbocycles. The first-order chi connectivity index (χ1) is 7.85. The molecule has 1 aliphatic carbocycles. The highest BCUT2D eigenvalue weighted by molar-refractivity contribution is 7.90. The highest BCUT2D eigenvalue weighted by atomic mass is 32.2. The van der Waals surface area contributed by atoms with Crippen LogP contribution in [0.4, 0.5) is 0 Å². The van der Waals surface area contributed by atoms with Crippen LogP contribution in [0.25, 0.3) is 0 Å². The molecule has 0 bridgehead atoms. The van der Waals surface area contributed by atoms with Gasteiger partial charge in [0.15, 0.2) is 0 Å². The maximum atomic E-state index is 12.1. The zero-order valence-electron chi connectivity index (χ0n) is 11.4. The van der Waals surface area contributed by atoms with E-state index in [2.05, 4.69) is 23.9 Å². The first-order valence-corrected chi connectivity index (χ1v) is 8.05. The van der Waals surface area contributed by atoms with Crippen LogP contribution in [0.5, 0.6) is 0 Å². The van der Waals surface area contributed by atoms with Crippen molar-refractivity contribution in [2.75, 3.05) is 13.6 Å². The minimum absolute atomic E-state index is 0.123. The van der Waals surface area contributed by atoms with Crippen molar-refractivity contribution in [3.63, 3.8) is 0 Å². The van der Waals surface area contributed by atoms with Crippen molar-refractivity contribution in [3.8, 4) is 0 Å². The molecule has 0 aromatic heterocycles. The first-order valence-electron chi connectivity index (χ1n) is 6.51. The number of hydrogen-bond acceptors (Lipinski definition) is 3. The van der Waals surface area contributed by atoms with Gasteiger partial charge in [-0.3, -0.25) is 0 Å². The van der Waals surface area contributed by atoms with Crippen molar-refractivity contribution < 1.29 is 8.42 Å². The van der Waals surface area contributed by atoms with E-state index < -0.39 is 10.0 Å². The summed E-state index contributed by atoms with van der Waals surface area (Å²) in [5.41, 5.74) is 0. The van der Waals surface area contributed by atoms with Crippen molar-refractivity contribution in [3.05, 3.63) is 0 Å². The van der Waals surface area contributed by atoms with E-state index in [1.165, 1.54) is 6.42 Å². The Bertz CT molecular complexity index is 319. The van der Waals surface area contributed by atoms with Gasteiger partial charge in [-0.15, -0.1) is 0 Å². The van der Waals surface area contributed by atoms with Crippen LogP contribution < -0.4 is 10.0 Å². The fraction of sp³-hybridized carbons (Fsp3) is 1.00. The summed E-state index contributed by atoms with van der Waals surface area (Å²) < 4.78 is 27.0. The molecule has 0 aliphatic heterocycles. The third kappa shape index (κ3) is 4.56. The normalized spacial score (nSPS) is 32.4. The lowest BCUT2D eigenvalue weighted by atomic mass is 9.81. The summed E-state index contributed by atoms with van der Waals surface area (Å²) in [6.07, 6.45) is 3.15. The molecule has 1 aliphatic rings. The molecule has 102 valence electrons. The smallest absolute Gasteiger partial charge is 0.215 e. The predicted octanol–water partition coefficient (Wildman–Crippen LogP) is 1.34. The van der Waals surface area contributed by atoms with E-state index in [-0.39, 0.29) is 11.3 Å². The Hall–Kier alpha value is -0.130. The van der Waals surface area contributed by atoms with Gasteiger partial charge in [0.05, 0.1) is 5.25 Å². The number of hydrogen-bond donors (Lipinski definition) is 2. The molecular formula is C12H26N2O2S. The summed E-state index contributed by atoms with van der Waals surface area (Å²) in [6.45, 7) is 6.64. The molecule has 5 heteroatoms. The van der Waals surface area contributed by atoms with Crippen LogP contribution in [0, 0.1) is 11.8 Å². The lowest BCUT2D eigenvalue weighted by Gasteiger charge is -2.32. The molecule has 4 nitrogen and oxygen atoms in total. The zero-order chi connectivity index (χ0) is 13.1. The van der Waals surface area contributed by atoms with Gasteiger partial charge in [0.25, 0.3) is 0 Å². The Morgan fingerprint density at radius 2 is 1.71 bits per heavy atom. The summed E-state index contributed by atoms with van der Waals surface area (Å²) in [7, 11) is -1.41. The minimum Gasteiger partial charge on any atom is -0.318 e. The Morgan fingerprint density at radius 1 is 1.18 bits per heavy atom. The summed E-state index contributed by atoms with van der Waals surface area (Å²) in [5, 5.41) is 2.53. The second kappa shape index (κ2) is 6.16. The molecule has 1 fully saturated rings. The quantitative estimate of drug-likeness (QED) is 0.786. The lowest BCUT2D eigenvalue weighted by molar-refractivity contribution is 0.257. The maximum Gasteiger partial charge on any atom is 0.215 e. The molecule has 0 heterocycles. The first kappa shape index (κ1) is 14.9. The Morgan fingerprint density at radius 3 is 2.18 bits per heavy atom. The molecule has 2 N–H and O–H groups in total. The highest BCUT2D eigenvalue weighted by Crippen LogP contribution is 2.29. The zero-order valence-corrected chi connectivity index (χ0v) is 12.2. The predicted molar refractivity (Wildman–Crippen MR) is 71.4 cm³/mol. The van der Waals surface area contributed by atoms with Crippen molar-refractivity contribution in [1.29, 1.82) is 0 Å². The van der Waals surface area contributed by atoms with Gasteiger partial charge in [-0.05, 0) is 45.1 Å². The second-order valence-electron chi connectivity index (χ2n) is 5.65. The topological polar surface area (TPSA) is 58.2 Å². The van der Waals surface area contributed by atoms with Crippen LogP contribution >= 0.6 is 0 Å². The monoisotopic (exact) mass is 262 g/mol. The van der Waals surface area contributed by atoms with Crippen molar-refractivity contribution >= 4 is 10.0 Å². The molecule has 0 aromatic carbocycles. The van der Waals surface area contributed by atoms with E-state index in [4.69, 9.17) is 0 Å². The SMILES string of the molecule is CNCC(C)S(=O)(=O)NC1CC(C)CC(C)C1. The van der Waals surface area contributed by atoms with E-state index in [9.17, 15) is 8.42 Å². The lowest BCUT2D eigenvalue weighted by Crippen LogP contribution is -2.45. The summed E-state index contributed by atoms with van der Waals surface area (Å²) in [4.78, 5) is 0. The molecule has 0 radical (unpaired) electrons. The van der Waals surface area contributed by atoms with Gasteiger partial charge in [-0.1, -0.05) is 13.8 Å². The summed E-state index contributed by atoms with van der Waals surface area (Å²) in [6, 6.07) is 0.123. The fourth-order valence-electron chi connectivity index (χ4n) is 2.79. The molecular weight excluding hydrogens is 236 g/mol. The maximum absolute atomic E-state index is 12.1. The van der Waals surface area contributed by atoms with Crippen molar-refractivity contribution in [1.82, 2.24) is 10.0 Å². The Labute approximate surface area is 106 Å². The van der Waals surface area contributed by atoms with Crippen LogP contribution in [0.2, 0.25) is 0 Å². The largest absolute Gasteiger partial charge is 0.318 e. The minimum atomic E-state index is -3.18. The Balaban J connectivity index is 2.58. The van der Waals surface area contributed by atoms with Crippen LogP contribution in [0.15, 0.2) is 0 Å². The highest BCUT2D eigenvalue weighted by Gasteiger charge is 2.29. The third-order valence-electron chi connectivity index (χ3n) is 3.53. The molecule has 3 atom stereocenters. The van der Waals surface area contributed by atoms with Crippen LogP contribution in [-0.4, -0.2) is 33.3 Å². The standard InChI is InChI=1S/C12H26N2O2S/c1-9-5-10(2)7-12(6-9)14-17(15,16)11(3)8-13-4/h9-14H,5-8H2,1-4H3. The van der Waals surface area contributed by atoms with Gasteiger partial charge < -0.3 is 5.32 Å². The van der Waals surface area contributed by atoms with Gasteiger partial charge in [0, 0.05) is 12.6 Å². The van der Waals surface area contributed by atoms with E-state index >= 15 is 0 Å². The summed E-state index contributed by atoms with van der Waals surface area (Å²) in [5.74, 6) is 1.23. The molecule has 1 rings (SSSR count). The fourth-order valence-corrected chi connectivity index (χ4v) is 4.06. The molecule has 0 saturated heterocycles. The van der Waals surface area contributed by atoms with Crippen molar-refractivity contribution in [2.45, 2.75) is 51.3 Å². The third-order valence-corrected chi connectivity index (χ3v) is 5.42. The van der Waals surface area contributed by atoms with E-state index in [0.29, 0.717) is 18.4 Å². The van der Waals surface area contributed by atoms with Gasteiger partial charge in [-0.25, -0.2) is 13.1 Å². The Kier molecular flexibility index (Phi) is 5.41. The molecule has 0 amide bonds. The average molecular weight is 262 g/mol. The molecule has 0 aromatic rings. The average Bonchev–Trinajstić information content (AvgIpc) is 2.15. The van der Waals surface area contributed by atoms with Gasteiger partial charge in [0.2, 0.25) is 10.0 Å². The van der Waals surface area contributed by atoms with Crippen molar-refractivity contribution in [2.24, 2.45) is 11.8 Å². The van der Waals surface area contributed by atoms with Gasteiger partial charge >= 0.3 is 0 Å². The van der Waals surface area contributed by atoms with Gasteiger partial charge in [0.1, 0.15) is 0 Å². The summed E-state index contributed by atoms with van der Waals surface area (Å²) >= 11 is 0. The van der Waals surface area contributed by atoms with Crippen LogP contribution in [-0.2, 0) is 10.0 Å². The number of rotatable bonds is 5. The van der Waals surface area contributed by atoms with E-state index in [1.54, 1.807) is 14.0 Å². The van der Waals surface area contributed by atoms with Crippen LogP contribution in [0.3, 0.4) is 0 Å². The molecule has 17 heavy (non-hydrogen) atoms.